The zero-order valence-electron chi connectivity index (χ0n) is 24.0. The molecule has 3 amide bonds. The number of nitrogens with zero attached hydrogens (tertiary/aromatic N) is 3. The summed E-state index contributed by atoms with van der Waals surface area (Å²) in [7, 11) is -3.36. The molecule has 46 heavy (non-hydrogen) atoms. The Hall–Kier alpha value is -3.83. The number of hydrogen-bond donors (Lipinski definition) is 3. The van der Waals surface area contributed by atoms with Crippen LogP contribution in [0.15, 0.2) is 36.5 Å². The first kappa shape index (κ1) is 36.6. The van der Waals surface area contributed by atoms with E-state index in [0.717, 1.165) is 11.6 Å². The highest BCUT2D eigenvalue weighted by atomic mass is 35.5. The second-order valence-corrected chi connectivity index (χ2v) is 13.0. The van der Waals surface area contributed by atoms with Crippen molar-refractivity contribution in [1.82, 2.24) is 24.8 Å². The second kappa shape index (κ2) is 14.7. The number of alkyl halides is 6. The molecule has 0 aliphatic rings. The number of aryl methyl sites for hydroxylation is 1. The monoisotopic (exact) mass is 714 g/mol. The van der Waals surface area contributed by atoms with E-state index < -0.39 is 51.2 Å². The first-order valence-electron chi connectivity index (χ1n) is 13.2. The van der Waals surface area contributed by atoms with Crippen LogP contribution in [0.4, 0.5) is 32.0 Å². The molecule has 0 radical (unpaired) electrons. The van der Waals surface area contributed by atoms with Crippen LogP contribution < -0.4 is 15.4 Å². The third-order valence-corrected chi connectivity index (χ3v) is 8.09. The number of hydrogen-bond acceptors (Lipinski definition) is 6. The molecule has 0 fully saturated rings. The summed E-state index contributed by atoms with van der Waals surface area (Å²) in [6.07, 6.45) is -6.49. The Balaban J connectivity index is 1.70. The summed E-state index contributed by atoms with van der Waals surface area (Å²) in [6, 6.07) is 6.00. The Morgan fingerprint density at radius 3 is 2.35 bits per heavy atom. The summed E-state index contributed by atoms with van der Waals surface area (Å²) < 4.78 is 91.9. The molecule has 0 saturated carbocycles. The Kier molecular flexibility index (Phi) is 11.7. The van der Waals surface area contributed by atoms with Gasteiger partial charge in [0.15, 0.2) is 11.5 Å². The van der Waals surface area contributed by atoms with E-state index in [2.05, 4.69) is 20.7 Å². The van der Waals surface area contributed by atoms with Gasteiger partial charge in [0.2, 0.25) is 0 Å². The van der Waals surface area contributed by atoms with E-state index in [4.69, 9.17) is 23.2 Å². The van der Waals surface area contributed by atoms with Gasteiger partial charge < -0.3 is 10.6 Å². The quantitative estimate of drug-likeness (QED) is 0.132. The molecule has 0 aliphatic carbocycles. The molecule has 1 unspecified atom stereocenters. The van der Waals surface area contributed by atoms with Crippen LogP contribution >= 0.6 is 23.2 Å². The molecule has 10 nitrogen and oxygen atoms in total. The molecule has 0 spiro atoms. The van der Waals surface area contributed by atoms with E-state index in [-0.39, 0.29) is 40.1 Å². The number of nitrogens with one attached hydrogen (secondary N) is 3. The smallest absolute Gasteiger partial charge is 0.352 e. The minimum Gasteiger partial charge on any atom is -0.352 e. The lowest BCUT2D eigenvalue weighted by molar-refractivity contribution is -0.171. The lowest BCUT2D eigenvalue weighted by atomic mass is 10.1. The third-order valence-electron chi connectivity index (χ3n) is 6.11. The number of rotatable bonds is 11. The number of anilines is 1. The first-order chi connectivity index (χ1) is 21.3. The van der Waals surface area contributed by atoms with E-state index in [1.54, 1.807) is 0 Å². The molecule has 250 valence electrons. The van der Waals surface area contributed by atoms with Crippen molar-refractivity contribution in [2.75, 3.05) is 18.1 Å². The minimum absolute atomic E-state index is 0.0338. The number of pyridine rings is 1. The van der Waals surface area contributed by atoms with Crippen molar-refractivity contribution in [2.24, 2.45) is 0 Å². The molecule has 2 heterocycles. The van der Waals surface area contributed by atoms with Gasteiger partial charge in [-0.05, 0) is 61.4 Å². The van der Waals surface area contributed by atoms with Gasteiger partial charge in [-0.1, -0.05) is 29.6 Å². The topological polar surface area (TPSA) is 135 Å². The molecular formula is C27H26Cl2F6N6O4S. The predicted octanol–water partition coefficient (Wildman–Crippen LogP) is 5.75. The molecule has 3 rings (SSSR count). The fourth-order valence-corrected chi connectivity index (χ4v) is 5.63. The van der Waals surface area contributed by atoms with Crippen molar-refractivity contribution in [3.8, 4) is 5.82 Å². The molecule has 0 saturated heterocycles. The maximum atomic E-state index is 13.5. The number of halogens is 8. The maximum absolute atomic E-state index is 13.5. The number of aromatic nitrogens is 3. The Bertz CT molecular complexity index is 1750. The number of benzene rings is 1. The number of amides is 3. The van der Waals surface area contributed by atoms with Crippen LogP contribution in [0.1, 0.15) is 57.8 Å². The van der Waals surface area contributed by atoms with E-state index in [0.29, 0.717) is 35.6 Å². The van der Waals surface area contributed by atoms with E-state index in [9.17, 15) is 44.9 Å². The van der Waals surface area contributed by atoms with E-state index in [1.165, 1.54) is 42.1 Å². The van der Waals surface area contributed by atoms with Crippen LogP contribution in [0.5, 0.6) is 0 Å². The Morgan fingerprint density at radius 1 is 1.02 bits per heavy atom. The van der Waals surface area contributed by atoms with Gasteiger partial charge in [0.25, 0.3) is 11.8 Å². The van der Waals surface area contributed by atoms with Gasteiger partial charge in [-0.3, -0.25) is 19.1 Å². The molecule has 0 bridgehead atoms. The van der Waals surface area contributed by atoms with Crippen LogP contribution in [0, 0.1) is 6.92 Å². The van der Waals surface area contributed by atoms with Gasteiger partial charge in [0.1, 0.15) is 5.69 Å². The second-order valence-electron chi connectivity index (χ2n) is 9.84. The summed E-state index contributed by atoms with van der Waals surface area (Å²) >= 11 is 12.2. The largest absolute Gasteiger partial charge is 0.472 e. The fraction of sp³-hybridized carbons (Fsp3) is 0.333. The lowest BCUT2D eigenvalue weighted by Gasteiger charge is -2.15. The van der Waals surface area contributed by atoms with Crippen LogP contribution in [-0.4, -0.2) is 61.0 Å². The number of unbranched alkanes of at least 4 members (excludes halogenated alkanes) is 3. The van der Waals surface area contributed by atoms with Crippen LogP contribution in [0.3, 0.4) is 0 Å². The van der Waals surface area contributed by atoms with Gasteiger partial charge in [0.05, 0.1) is 16.3 Å². The average Bonchev–Trinajstić information content (AvgIpc) is 3.39. The Morgan fingerprint density at radius 2 is 1.72 bits per heavy atom. The van der Waals surface area contributed by atoms with Crippen LogP contribution in [0.25, 0.3) is 5.82 Å². The average molecular weight is 716 g/mol. The van der Waals surface area contributed by atoms with Gasteiger partial charge in [-0.25, -0.2) is 13.9 Å². The van der Waals surface area contributed by atoms with Crippen molar-refractivity contribution < 1.29 is 44.9 Å². The van der Waals surface area contributed by atoms with Gasteiger partial charge in [-0.2, -0.15) is 31.4 Å². The molecule has 1 aromatic carbocycles. The molecule has 3 aromatic rings. The normalized spacial score (nSPS) is 13.1. The van der Waals surface area contributed by atoms with Gasteiger partial charge >= 0.3 is 18.3 Å². The van der Waals surface area contributed by atoms with Crippen molar-refractivity contribution in [3.63, 3.8) is 0 Å². The van der Waals surface area contributed by atoms with Crippen molar-refractivity contribution >= 4 is 61.7 Å². The molecule has 3 N–H and O–H groups in total. The fourth-order valence-electron chi connectivity index (χ4n) is 3.98. The Labute approximate surface area is 269 Å². The lowest BCUT2D eigenvalue weighted by Crippen LogP contribution is -2.40. The van der Waals surface area contributed by atoms with Crippen molar-refractivity contribution in [1.29, 1.82) is 0 Å². The van der Waals surface area contributed by atoms with Crippen LogP contribution in [0.2, 0.25) is 10.0 Å². The molecule has 0 aliphatic heterocycles. The maximum Gasteiger partial charge on any atom is 0.472 e. The first-order valence-corrected chi connectivity index (χ1v) is 16.0. The molecule has 1 atom stereocenters. The van der Waals surface area contributed by atoms with Gasteiger partial charge in [-0.15, -0.1) is 0 Å². The summed E-state index contributed by atoms with van der Waals surface area (Å²) in [5, 5.41) is 9.73. The van der Waals surface area contributed by atoms with E-state index in [1.807, 2.05) is 0 Å². The summed E-state index contributed by atoms with van der Waals surface area (Å²) in [4.78, 5) is 41.3. The minimum atomic E-state index is -5.16. The number of carbonyl (C=O) groups excluding carboxylic acids is 3. The summed E-state index contributed by atoms with van der Waals surface area (Å²) in [6.45, 7) is 1.63. The highest BCUT2D eigenvalue weighted by Crippen LogP contribution is 2.32. The predicted molar refractivity (Wildman–Crippen MR) is 161 cm³/mol. The molecule has 19 heteroatoms. The zero-order valence-corrected chi connectivity index (χ0v) is 26.3. The molecular weight excluding hydrogens is 689 g/mol. The summed E-state index contributed by atoms with van der Waals surface area (Å²) in [5.74, 6) is -4.27. The SMILES string of the molecule is Cc1cc(Cl)cc(C(=O)NCCCCCC=S(C)(=O)NC(=O)C(F)(F)F)c1NC(=O)c1cc(C(F)(F)F)nn1-c1ncccc1Cl. The highest BCUT2D eigenvalue weighted by Gasteiger charge is 2.40. The highest BCUT2D eigenvalue weighted by molar-refractivity contribution is 7.99. The summed E-state index contributed by atoms with van der Waals surface area (Å²) in [5.41, 5.74) is -1.75. The zero-order chi connectivity index (χ0) is 34.4. The van der Waals surface area contributed by atoms with Crippen molar-refractivity contribution in [2.45, 2.75) is 45.0 Å². The standard InChI is InChI=1S/C27H26Cl2F6N6O4S/c1-15-12-16(28)13-17(23(42)37-9-5-3-4-6-11-46(2,45)40-25(44)27(33,34)35)21(15)38-24(43)19-14-20(26(30,31)32)39-41(19)22-18(29)8-7-10-36-22/h7-8,10-14H,3-6,9H2,1-2H3,(H,37,42)(H,38,43)(H,40,44,45). The number of carbonyl (C=O) groups is 3. The third kappa shape index (κ3) is 9.83. The van der Waals surface area contributed by atoms with E-state index >= 15 is 0 Å². The van der Waals surface area contributed by atoms with Gasteiger partial charge in [0, 0.05) is 39.8 Å². The van der Waals surface area contributed by atoms with Crippen molar-refractivity contribution in [3.05, 3.63) is 69.1 Å². The van der Waals surface area contributed by atoms with Crippen LogP contribution in [-0.2, 0) is 20.7 Å². The molecule has 2 aromatic heterocycles.